The summed E-state index contributed by atoms with van der Waals surface area (Å²) in [7, 11) is 0. The molecule has 1 aromatic carbocycles. The van der Waals surface area contributed by atoms with Crippen molar-refractivity contribution in [1.82, 2.24) is 19.7 Å². The van der Waals surface area contributed by atoms with E-state index in [1.807, 2.05) is 48.0 Å². The van der Waals surface area contributed by atoms with Crippen LogP contribution in [-0.2, 0) is 21.5 Å². The van der Waals surface area contributed by atoms with Crippen LogP contribution in [0.1, 0.15) is 67.7 Å². The number of esters is 1. The van der Waals surface area contributed by atoms with Gasteiger partial charge in [-0.1, -0.05) is 36.4 Å². The third kappa shape index (κ3) is 4.84. The molecule has 2 aromatic heterocycles. The van der Waals surface area contributed by atoms with Gasteiger partial charge in [-0.25, -0.2) is 4.68 Å². The van der Waals surface area contributed by atoms with Crippen LogP contribution in [0.15, 0.2) is 60.9 Å². The van der Waals surface area contributed by atoms with Gasteiger partial charge >= 0.3 is 5.97 Å². The summed E-state index contributed by atoms with van der Waals surface area (Å²) >= 11 is 0. The fourth-order valence-electron chi connectivity index (χ4n) is 5.78. The molecule has 8 nitrogen and oxygen atoms in total. The van der Waals surface area contributed by atoms with Gasteiger partial charge in [-0.3, -0.25) is 14.6 Å². The summed E-state index contributed by atoms with van der Waals surface area (Å²) in [6.07, 6.45) is 6.05. The summed E-state index contributed by atoms with van der Waals surface area (Å²) in [5.74, 6) is 0.346. The lowest BCUT2D eigenvalue weighted by Crippen LogP contribution is -2.52. The number of hydrogen-bond acceptors (Lipinski definition) is 6. The van der Waals surface area contributed by atoms with E-state index in [4.69, 9.17) is 4.74 Å². The van der Waals surface area contributed by atoms with E-state index in [1.54, 1.807) is 17.3 Å². The predicted molar refractivity (Wildman–Crippen MR) is 141 cm³/mol. The first kappa shape index (κ1) is 25.0. The van der Waals surface area contributed by atoms with Gasteiger partial charge in [0.05, 0.1) is 29.8 Å². The van der Waals surface area contributed by atoms with E-state index in [2.05, 4.69) is 41.4 Å². The third-order valence-electron chi connectivity index (χ3n) is 7.61. The second-order valence-electron chi connectivity index (χ2n) is 10.8. The van der Waals surface area contributed by atoms with E-state index in [9.17, 15) is 9.59 Å². The number of ether oxygens (including phenoxy) is 1. The first-order chi connectivity index (χ1) is 17.8. The maximum Gasteiger partial charge on any atom is 0.314 e. The van der Waals surface area contributed by atoms with Crippen molar-refractivity contribution in [3.05, 3.63) is 77.7 Å². The average Bonchev–Trinajstić information content (AvgIpc) is 3.34. The zero-order chi connectivity index (χ0) is 26.0. The number of piperidine rings is 1. The highest BCUT2D eigenvalue weighted by molar-refractivity contribution is 5.99. The van der Waals surface area contributed by atoms with Crippen molar-refractivity contribution in [2.75, 3.05) is 25.0 Å². The molecule has 5 rings (SSSR count). The number of benzene rings is 1. The second kappa shape index (κ2) is 10.00. The minimum absolute atomic E-state index is 0.0658. The Morgan fingerprint density at radius 3 is 2.65 bits per heavy atom. The molecule has 0 saturated carbocycles. The van der Waals surface area contributed by atoms with Gasteiger partial charge in [0.15, 0.2) is 0 Å². The molecule has 0 spiro atoms. The lowest BCUT2D eigenvalue weighted by Gasteiger charge is -2.41. The van der Waals surface area contributed by atoms with Crippen LogP contribution in [0.4, 0.5) is 5.82 Å². The van der Waals surface area contributed by atoms with Crippen LogP contribution >= 0.6 is 0 Å². The summed E-state index contributed by atoms with van der Waals surface area (Å²) in [6, 6.07) is 16.1. The predicted octanol–water partition coefficient (Wildman–Crippen LogP) is 4.60. The molecule has 0 aliphatic carbocycles. The lowest BCUT2D eigenvalue weighted by molar-refractivity contribution is -0.158. The Morgan fingerprint density at radius 1 is 1.14 bits per heavy atom. The topological polar surface area (TPSA) is 89.3 Å². The molecular formula is C29H35N5O3. The summed E-state index contributed by atoms with van der Waals surface area (Å²) in [4.78, 5) is 33.5. The molecule has 2 atom stereocenters. The van der Waals surface area contributed by atoms with E-state index < -0.39 is 5.41 Å². The molecular weight excluding hydrogens is 466 g/mol. The number of likely N-dealkylation sites (tertiary alicyclic amines) is 1. The molecule has 4 heterocycles. The minimum Gasteiger partial charge on any atom is -0.466 e. The second-order valence-corrected chi connectivity index (χ2v) is 10.8. The van der Waals surface area contributed by atoms with Gasteiger partial charge in [-0.05, 0) is 57.7 Å². The van der Waals surface area contributed by atoms with Crippen molar-refractivity contribution in [2.24, 2.45) is 5.41 Å². The molecule has 0 bridgehead atoms. The van der Waals surface area contributed by atoms with E-state index >= 15 is 0 Å². The van der Waals surface area contributed by atoms with Gasteiger partial charge in [0.2, 0.25) is 0 Å². The van der Waals surface area contributed by atoms with Crippen molar-refractivity contribution in [2.45, 2.75) is 58.0 Å². The number of nitrogens with zero attached hydrogens (tertiary/aromatic N) is 4. The molecule has 8 heteroatoms. The van der Waals surface area contributed by atoms with Crippen LogP contribution < -0.4 is 5.32 Å². The van der Waals surface area contributed by atoms with Gasteiger partial charge in [0, 0.05) is 31.4 Å². The van der Waals surface area contributed by atoms with Gasteiger partial charge in [-0.2, -0.15) is 5.10 Å². The minimum atomic E-state index is -0.829. The van der Waals surface area contributed by atoms with Crippen LogP contribution in [0.2, 0.25) is 0 Å². The van der Waals surface area contributed by atoms with Crippen molar-refractivity contribution in [3.8, 4) is 0 Å². The van der Waals surface area contributed by atoms with Crippen molar-refractivity contribution >= 4 is 17.7 Å². The van der Waals surface area contributed by atoms with Crippen LogP contribution in [0.3, 0.4) is 0 Å². The summed E-state index contributed by atoms with van der Waals surface area (Å²) in [5, 5.41) is 8.22. The monoisotopic (exact) mass is 501 g/mol. The molecule has 1 amide bonds. The van der Waals surface area contributed by atoms with E-state index in [1.165, 1.54) is 5.56 Å². The number of carbonyl (C=O) groups excluding carboxylic acids is 2. The molecule has 37 heavy (non-hydrogen) atoms. The SMILES string of the molecule is CCOC(=O)C1(Cc2ccccn2)CCCN(C(=O)c2cnn3c2NC(c2ccccc2)CC3(C)C)C1. The van der Waals surface area contributed by atoms with Gasteiger partial charge in [-0.15, -0.1) is 0 Å². The maximum atomic E-state index is 14.0. The fourth-order valence-corrected chi connectivity index (χ4v) is 5.78. The number of nitrogens with one attached hydrogen (secondary N) is 1. The number of anilines is 1. The first-order valence-electron chi connectivity index (χ1n) is 13.1. The molecule has 2 aliphatic heterocycles. The quantitative estimate of drug-likeness (QED) is 0.497. The number of aromatic nitrogens is 3. The Hall–Kier alpha value is -3.68. The number of amides is 1. The summed E-state index contributed by atoms with van der Waals surface area (Å²) < 4.78 is 7.45. The molecule has 0 radical (unpaired) electrons. The Morgan fingerprint density at radius 2 is 1.92 bits per heavy atom. The Bertz CT molecular complexity index is 1260. The van der Waals surface area contributed by atoms with Gasteiger partial charge in [0.25, 0.3) is 5.91 Å². The Balaban J connectivity index is 1.44. The first-order valence-corrected chi connectivity index (χ1v) is 13.1. The molecule has 1 N–H and O–H groups in total. The number of carbonyl (C=O) groups is 2. The van der Waals surface area contributed by atoms with Crippen molar-refractivity contribution in [3.63, 3.8) is 0 Å². The van der Waals surface area contributed by atoms with E-state index in [0.717, 1.165) is 17.9 Å². The van der Waals surface area contributed by atoms with Crippen LogP contribution in [0, 0.1) is 5.41 Å². The number of fused-ring (bicyclic) bond motifs is 1. The van der Waals surface area contributed by atoms with Crippen LogP contribution in [0.5, 0.6) is 0 Å². The third-order valence-corrected chi connectivity index (χ3v) is 7.61. The van der Waals surface area contributed by atoms with Gasteiger partial charge in [0.1, 0.15) is 11.4 Å². The molecule has 3 aromatic rings. The molecule has 2 aliphatic rings. The largest absolute Gasteiger partial charge is 0.466 e. The molecule has 1 saturated heterocycles. The van der Waals surface area contributed by atoms with Crippen LogP contribution in [-0.4, -0.2) is 51.2 Å². The molecule has 194 valence electrons. The Kier molecular flexibility index (Phi) is 6.75. The highest BCUT2D eigenvalue weighted by Crippen LogP contribution is 2.41. The molecule has 2 unspecified atom stereocenters. The highest BCUT2D eigenvalue weighted by Gasteiger charge is 2.46. The number of hydrogen-bond donors (Lipinski definition) is 1. The standard InChI is InChI=1S/C29H35N5O3/c1-4-37-27(36)29(17-22-13-8-9-15-30-22)14-10-16-33(20-29)26(35)23-19-31-34-25(23)32-24(18-28(34,2)3)21-11-6-5-7-12-21/h5-9,11-13,15,19,24,32H,4,10,14,16-18,20H2,1-3H3. The molecule has 1 fully saturated rings. The van der Waals surface area contributed by atoms with Gasteiger partial charge < -0.3 is 15.0 Å². The Labute approximate surface area is 218 Å². The maximum absolute atomic E-state index is 14.0. The zero-order valence-corrected chi connectivity index (χ0v) is 21.8. The van der Waals surface area contributed by atoms with Crippen molar-refractivity contribution < 1.29 is 14.3 Å². The fraction of sp³-hybridized carbons (Fsp3) is 0.448. The summed E-state index contributed by atoms with van der Waals surface area (Å²) in [6.45, 7) is 7.28. The zero-order valence-electron chi connectivity index (χ0n) is 21.8. The van der Waals surface area contributed by atoms with Crippen molar-refractivity contribution in [1.29, 1.82) is 0 Å². The normalized spacial score (nSPS) is 22.6. The smallest absolute Gasteiger partial charge is 0.314 e. The van der Waals surface area contributed by atoms with Crippen LogP contribution in [0.25, 0.3) is 0 Å². The van der Waals surface area contributed by atoms with E-state index in [-0.39, 0.29) is 30.0 Å². The lowest BCUT2D eigenvalue weighted by atomic mass is 9.75. The van der Waals surface area contributed by atoms with E-state index in [0.29, 0.717) is 38.0 Å². The average molecular weight is 502 g/mol. The summed E-state index contributed by atoms with van der Waals surface area (Å²) in [5.41, 5.74) is 1.43. The highest BCUT2D eigenvalue weighted by atomic mass is 16.5. The number of rotatable bonds is 6. The number of pyridine rings is 1.